The van der Waals surface area contributed by atoms with Gasteiger partial charge in [0.15, 0.2) is 5.13 Å². The molecule has 4 nitrogen and oxygen atoms in total. The minimum absolute atomic E-state index is 0.0366. The van der Waals surface area contributed by atoms with Gasteiger partial charge >= 0.3 is 0 Å². The maximum atomic E-state index is 13.5. The number of amides is 1. The fraction of sp³-hybridized carbons (Fsp3) is 0.231. The van der Waals surface area contributed by atoms with E-state index in [2.05, 4.69) is 32.0 Å². The topological polar surface area (TPSA) is 42.4 Å². The van der Waals surface area contributed by atoms with Crippen LogP contribution >= 0.6 is 11.3 Å². The number of aromatic nitrogens is 1. The van der Waals surface area contributed by atoms with E-state index in [4.69, 9.17) is 9.72 Å². The highest BCUT2D eigenvalue weighted by molar-refractivity contribution is 7.22. The molecule has 1 heterocycles. The molecule has 0 bridgehead atoms. The van der Waals surface area contributed by atoms with E-state index in [-0.39, 0.29) is 5.91 Å². The van der Waals surface area contributed by atoms with Crippen molar-refractivity contribution in [1.82, 2.24) is 4.98 Å². The molecule has 0 spiro atoms. The third-order valence-corrected chi connectivity index (χ3v) is 6.28. The van der Waals surface area contributed by atoms with Gasteiger partial charge in [0.05, 0.1) is 24.3 Å². The minimum Gasteiger partial charge on any atom is -0.492 e. The highest BCUT2D eigenvalue weighted by Gasteiger charge is 2.22. The molecule has 1 aromatic heterocycles. The number of benzene rings is 3. The number of carbonyl (C=O) groups excluding carboxylic acids is 1. The molecule has 0 N–H and O–H groups in total. The number of ether oxygens (including phenoxy) is 1. The van der Waals surface area contributed by atoms with Gasteiger partial charge in [-0.05, 0) is 49.6 Å². The summed E-state index contributed by atoms with van der Waals surface area (Å²) >= 11 is 1.52. The summed E-state index contributed by atoms with van der Waals surface area (Å²) in [6.07, 6.45) is 0.342. The Morgan fingerprint density at radius 2 is 1.84 bits per heavy atom. The van der Waals surface area contributed by atoms with Crippen molar-refractivity contribution in [3.63, 3.8) is 0 Å². The van der Waals surface area contributed by atoms with Crippen LogP contribution in [0, 0.1) is 13.8 Å². The summed E-state index contributed by atoms with van der Waals surface area (Å²) < 4.78 is 6.77. The van der Waals surface area contributed by atoms with Crippen LogP contribution in [0.25, 0.3) is 10.2 Å². The van der Waals surface area contributed by atoms with E-state index in [0.29, 0.717) is 24.7 Å². The van der Waals surface area contributed by atoms with E-state index in [0.717, 1.165) is 38.2 Å². The zero-order chi connectivity index (χ0) is 21.8. The highest BCUT2D eigenvalue weighted by atomic mass is 32.1. The Hall–Kier alpha value is -3.18. The third-order valence-electron chi connectivity index (χ3n) is 5.23. The van der Waals surface area contributed by atoms with E-state index < -0.39 is 0 Å². The molecule has 0 radical (unpaired) electrons. The zero-order valence-electron chi connectivity index (χ0n) is 18.1. The molecule has 0 saturated carbocycles. The van der Waals surface area contributed by atoms with Gasteiger partial charge in [-0.15, -0.1) is 0 Å². The van der Waals surface area contributed by atoms with Crippen LogP contribution < -0.4 is 9.64 Å². The van der Waals surface area contributed by atoms with E-state index >= 15 is 0 Å². The largest absolute Gasteiger partial charge is 0.492 e. The molecule has 0 aliphatic heterocycles. The van der Waals surface area contributed by atoms with Crippen LogP contribution in [0.5, 0.6) is 5.75 Å². The number of thiazole rings is 1. The van der Waals surface area contributed by atoms with Gasteiger partial charge in [0.2, 0.25) is 5.91 Å². The van der Waals surface area contributed by atoms with Gasteiger partial charge < -0.3 is 4.74 Å². The maximum Gasteiger partial charge on any atom is 0.233 e. The lowest BCUT2D eigenvalue weighted by Crippen LogP contribution is -2.31. The molecule has 3 aromatic carbocycles. The minimum atomic E-state index is 0.0366. The predicted molar refractivity (Wildman–Crippen MR) is 128 cm³/mol. The van der Waals surface area contributed by atoms with Gasteiger partial charge in [-0.25, -0.2) is 4.98 Å². The second kappa shape index (κ2) is 9.31. The summed E-state index contributed by atoms with van der Waals surface area (Å²) in [6.45, 7) is 7.12. The average molecular weight is 431 g/mol. The first kappa shape index (κ1) is 21.1. The van der Waals surface area contributed by atoms with Crippen molar-refractivity contribution in [2.45, 2.75) is 33.7 Å². The van der Waals surface area contributed by atoms with Crippen molar-refractivity contribution in [1.29, 1.82) is 0 Å². The van der Waals surface area contributed by atoms with E-state index in [1.54, 1.807) is 4.90 Å². The molecule has 4 rings (SSSR count). The number of rotatable bonds is 7. The van der Waals surface area contributed by atoms with Crippen LogP contribution in [-0.2, 0) is 17.8 Å². The molecule has 0 aliphatic rings. The number of carbonyl (C=O) groups is 1. The Morgan fingerprint density at radius 1 is 1.03 bits per heavy atom. The van der Waals surface area contributed by atoms with E-state index in [9.17, 15) is 4.79 Å². The van der Waals surface area contributed by atoms with Gasteiger partial charge in [-0.1, -0.05) is 71.5 Å². The van der Waals surface area contributed by atoms with Crippen molar-refractivity contribution in [3.8, 4) is 5.75 Å². The molecule has 0 atom stereocenters. The molecule has 0 aliphatic carbocycles. The van der Waals surface area contributed by atoms with Gasteiger partial charge in [0.25, 0.3) is 0 Å². The standard InChI is InChI=1S/C26H26N2O2S/c1-4-30-22-11-8-12-23-25(22)27-26(31-23)28(17-20-9-6-5-7-10-20)24(29)16-21-15-18(2)13-14-19(21)3/h5-15H,4,16-17H2,1-3H3. The summed E-state index contributed by atoms with van der Waals surface area (Å²) in [5, 5.41) is 0.696. The van der Waals surface area contributed by atoms with E-state index in [1.807, 2.05) is 55.5 Å². The van der Waals surface area contributed by atoms with Crippen LogP contribution in [0.3, 0.4) is 0 Å². The van der Waals surface area contributed by atoms with Crippen LogP contribution in [0.1, 0.15) is 29.2 Å². The number of hydrogen-bond acceptors (Lipinski definition) is 4. The lowest BCUT2D eigenvalue weighted by Gasteiger charge is -2.21. The van der Waals surface area contributed by atoms with E-state index in [1.165, 1.54) is 11.3 Å². The van der Waals surface area contributed by atoms with Gasteiger partial charge in [0, 0.05) is 0 Å². The Bertz CT molecular complexity index is 1200. The molecular weight excluding hydrogens is 404 g/mol. The molecule has 158 valence electrons. The zero-order valence-corrected chi connectivity index (χ0v) is 18.9. The Labute approximate surface area is 187 Å². The van der Waals surface area contributed by atoms with Crippen LogP contribution in [0.15, 0.2) is 66.7 Å². The maximum absolute atomic E-state index is 13.5. The third kappa shape index (κ3) is 4.78. The van der Waals surface area contributed by atoms with Gasteiger partial charge in [-0.2, -0.15) is 0 Å². The molecular formula is C26H26N2O2S. The molecule has 4 aromatic rings. The lowest BCUT2D eigenvalue weighted by molar-refractivity contribution is -0.118. The quantitative estimate of drug-likeness (QED) is 0.356. The number of anilines is 1. The van der Waals surface area contributed by atoms with Gasteiger partial charge in [-0.3, -0.25) is 9.69 Å². The Kier molecular flexibility index (Phi) is 6.33. The molecule has 0 unspecified atom stereocenters. The highest BCUT2D eigenvalue weighted by Crippen LogP contribution is 2.35. The smallest absolute Gasteiger partial charge is 0.233 e. The molecule has 1 amide bonds. The second-order valence-corrected chi connectivity index (χ2v) is 8.61. The van der Waals surface area contributed by atoms with Crippen molar-refractivity contribution in [2.24, 2.45) is 0 Å². The van der Waals surface area contributed by atoms with Crippen LogP contribution in [0.2, 0.25) is 0 Å². The number of aryl methyl sites for hydroxylation is 2. The number of hydrogen-bond donors (Lipinski definition) is 0. The summed E-state index contributed by atoms with van der Waals surface area (Å²) in [5.41, 5.74) is 5.22. The first-order valence-corrected chi connectivity index (χ1v) is 11.3. The van der Waals surface area contributed by atoms with Crippen molar-refractivity contribution in [2.75, 3.05) is 11.5 Å². The molecule has 0 saturated heterocycles. The second-order valence-electron chi connectivity index (χ2n) is 7.60. The Balaban J connectivity index is 1.72. The normalized spacial score (nSPS) is 10.9. The number of para-hydroxylation sites is 1. The van der Waals surface area contributed by atoms with Crippen LogP contribution in [0.4, 0.5) is 5.13 Å². The van der Waals surface area contributed by atoms with Crippen molar-refractivity contribution < 1.29 is 9.53 Å². The monoisotopic (exact) mass is 430 g/mol. The van der Waals surface area contributed by atoms with Gasteiger partial charge in [0.1, 0.15) is 11.3 Å². The predicted octanol–water partition coefficient (Wildman–Crippen LogP) is 6.09. The van der Waals surface area contributed by atoms with Crippen LogP contribution in [-0.4, -0.2) is 17.5 Å². The van der Waals surface area contributed by atoms with Crippen molar-refractivity contribution >= 4 is 32.6 Å². The molecule has 0 fully saturated rings. The SMILES string of the molecule is CCOc1cccc2sc(N(Cc3ccccc3)C(=O)Cc3cc(C)ccc3C)nc12. The fourth-order valence-corrected chi connectivity index (χ4v) is 4.58. The fourth-order valence-electron chi connectivity index (χ4n) is 3.58. The van der Waals surface area contributed by atoms with Crippen molar-refractivity contribution in [3.05, 3.63) is 89.0 Å². The average Bonchev–Trinajstić information content (AvgIpc) is 3.20. The molecule has 31 heavy (non-hydrogen) atoms. The lowest BCUT2D eigenvalue weighted by atomic mass is 10.0. The first-order chi connectivity index (χ1) is 15.0. The summed E-state index contributed by atoms with van der Waals surface area (Å²) in [7, 11) is 0. The number of fused-ring (bicyclic) bond motifs is 1. The summed E-state index contributed by atoms with van der Waals surface area (Å²) in [5.74, 6) is 0.790. The summed E-state index contributed by atoms with van der Waals surface area (Å²) in [6, 6.07) is 22.2. The Morgan fingerprint density at radius 3 is 2.61 bits per heavy atom. The molecule has 5 heteroatoms. The summed E-state index contributed by atoms with van der Waals surface area (Å²) in [4.78, 5) is 20.2. The number of nitrogens with zero attached hydrogens (tertiary/aromatic N) is 2. The first-order valence-electron chi connectivity index (χ1n) is 10.5.